The first kappa shape index (κ1) is 13.2. The van der Waals surface area contributed by atoms with Crippen LogP contribution in [0.4, 0.5) is 4.39 Å². The molecular weight excluding hydrogens is 247 g/mol. The zero-order valence-corrected chi connectivity index (χ0v) is 10.6. The van der Waals surface area contributed by atoms with Gasteiger partial charge in [-0.05, 0) is 37.5 Å². The summed E-state index contributed by atoms with van der Waals surface area (Å²) in [7, 11) is 0. The normalized spacial score (nSPS) is 10.4. The van der Waals surface area contributed by atoms with Gasteiger partial charge in [-0.3, -0.25) is 9.89 Å². The van der Waals surface area contributed by atoms with E-state index in [-0.39, 0.29) is 5.56 Å². The zero-order chi connectivity index (χ0) is 13.7. The third-order valence-corrected chi connectivity index (χ3v) is 2.85. The van der Waals surface area contributed by atoms with Crippen molar-refractivity contribution in [1.82, 2.24) is 20.5 Å². The van der Waals surface area contributed by atoms with Crippen LogP contribution in [0.3, 0.4) is 0 Å². The second-order valence-electron chi connectivity index (χ2n) is 4.22. The van der Waals surface area contributed by atoms with Crippen LogP contribution in [-0.4, -0.2) is 27.6 Å². The molecule has 2 aromatic rings. The molecule has 100 valence electrons. The fourth-order valence-corrected chi connectivity index (χ4v) is 1.76. The maximum Gasteiger partial charge on any atom is 0.255 e. The molecule has 0 atom stereocenters. The largest absolute Gasteiger partial charge is 0.352 e. The number of halogens is 1. The van der Waals surface area contributed by atoms with Crippen LogP contribution >= 0.6 is 0 Å². The van der Waals surface area contributed by atoms with Gasteiger partial charge in [-0.25, -0.2) is 4.98 Å². The van der Waals surface area contributed by atoms with Crippen molar-refractivity contribution in [2.24, 2.45) is 0 Å². The van der Waals surface area contributed by atoms with Gasteiger partial charge in [-0.2, -0.15) is 9.49 Å². The molecule has 0 saturated carbocycles. The lowest BCUT2D eigenvalue weighted by atomic mass is 10.1. The first-order valence-electron chi connectivity index (χ1n) is 6.06. The highest BCUT2D eigenvalue weighted by Crippen LogP contribution is 2.06. The van der Waals surface area contributed by atoms with Crippen LogP contribution in [0.1, 0.15) is 28.0 Å². The molecule has 0 saturated heterocycles. The van der Waals surface area contributed by atoms with Crippen molar-refractivity contribution in [3.8, 4) is 0 Å². The van der Waals surface area contributed by atoms with E-state index in [2.05, 4.69) is 20.5 Å². The Morgan fingerprint density at radius 3 is 3.05 bits per heavy atom. The second kappa shape index (κ2) is 6.08. The number of pyridine rings is 1. The van der Waals surface area contributed by atoms with E-state index in [0.717, 1.165) is 24.1 Å². The number of carbonyl (C=O) groups is 1. The molecule has 6 heteroatoms. The fraction of sp³-hybridized carbons (Fsp3) is 0.308. The number of hydrogen-bond acceptors (Lipinski definition) is 3. The molecule has 0 aliphatic carbocycles. The first-order chi connectivity index (χ1) is 9.18. The van der Waals surface area contributed by atoms with Crippen LogP contribution < -0.4 is 5.32 Å². The molecular formula is C13H15FN4O. The van der Waals surface area contributed by atoms with E-state index in [1.165, 1.54) is 18.3 Å². The minimum absolute atomic E-state index is 0.0259. The van der Waals surface area contributed by atoms with Gasteiger partial charge in [-0.1, -0.05) is 0 Å². The van der Waals surface area contributed by atoms with Gasteiger partial charge in [0.15, 0.2) is 0 Å². The number of hydrogen-bond donors (Lipinski definition) is 2. The number of nitrogens with zero attached hydrogens (tertiary/aromatic N) is 2. The Morgan fingerprint density at radius 1 is 1.53 bits per heavy atom. The smallest absolute Gasteiger partial charge is 0.255 e. The SMILES string of the molecule is Cc1[nH]ncc1CCCNC(=O)c1cccnc1F. The minimum atomic E-state index is -0.745. The average Bonchev–Trinajstić information content (AvgIpc) is 2.80. The molecule has 0 fully saturated rings. The van der Waals surface area contributed by atoms with Gasteiger partial charge < -0.3 is 5.32 Å². The van der Waals surface area contributed by atoms with E-state index < -0.39 is 11.9 Å². The van der Waals surface area contributed by atoms with Gasteiger partial charge in [0.05, 0.1) is 11.8 Å². The van der Waals surface area contributed by atoms with Gasteiger partial charge >= 0.3 is 0 Å². The predicted molar refractivity (Wildman–Crippen MR) is 68.2 cm³/mol. The number of aryl methyl sites for hydroxylation is 2. The number of rotatable bonds is 5. The van der Waals surface area contributed by atoms with Gasteiger partial charge in [0.25, 0.3) is 5.91 Å². The van der Waals surface area contributed by atoms with Crippen molar-refractivity contribution in [3.05, 3.63) is 47.3 Å². The standard InChI is InChI=1S/C13H15FN4O/c1-9-10(8-17-18-9)4-2-7-16-13(19)11-5-3-6-15-12(11)14/h3,5-6,8H,2,4,7H2,1H3,(H,16,19)(H,17,18). The van der Waals surface area contributed by atoms with Crippen LogP contribution in [0.25, 0.3) is 0 Å². The van der Waals surface area contributed by atoms with Crippen molar-refractivity contribution >= 4 is 5.91 Å². The Hall–Kier alpha value is -2.24. The summed E-state index contributed by atoms with van der Waals surface area (Å²) in [5, 5.41) is 9.45. The van der Waals surface area contributed by atoms with Crippen LogP contribution in [0, 0.1) is 12.9 Å². The molecule has 0 aliphatic heterocycles. The molecule has 0 aliphatic rings. The maximum atomic E-state index is 13.2. The van der Waals surface area contributed by atoms with Crippen LogP contribution in [0.2, 0.25) is 0 Å². The first-order valence-corrected chi connectivity index (χ1v) is 6.06. The van der Waals surface area contributed by atoms with E-state index in [4.69, 9.17) is 0 Å². The molecule has 0 radical (unpaired) electrons. The van der Waals surface area contributed by atoms with Crippen molar-refractivity contribution < 1.29 is 9.18 Å². The molecule has 0 spiro atoms. The lowest BCUT2D eigenvalue weighted by Crippen LogP contribution is -2.26. The third kappa shape index (κ3) is 3.37. The summed E-state index contributed by atoms with van der Waals surface area (Å²) in [6.07, 6.45) is 4.68. The Labute approximate surface area is 110 Å². The highest BCUT2D eigenvalue weighted by atomic mass is 19.1. The number of H-pyrrole nitrogens is 1. The molecule has 5 nitrogen and oxygen atoms in total. The topological polar surface area (TPSA) is 70.7 Å². The Bertz CT molecular complexity index is 567. The molecule has 2 rings (SSSR count). The summed E-state index contributed by atoms with van der Waals surface area (Å²) in [4.78, 5) is 15.1. The Morgan fingerprint density at radius 2 is 2.37 bits per heavy atom. The molecule has 2 aromatic heterocycles. The number of aromatic nitrogens is 3. The van der Waals surface area contributed by atoms with Crippen LogP contribution in [0.15, 0.2) is 24.5 Å². The van der Waals surface area contributed by atoms with Crippen molar-refractivity contribution in [2.75, 3.05) is 6.54 Å². The fourth-order valence-electron chi connectivity index (χ4n) is 1.76. The molecule has 0 aromatic carbocycles. The highest BCUT2D eigenvalue weighted by molar-refractivity contribution is 5.94. The quantitative estimate of drug-likeness (QED) is 0.635. The maximum absolute atomic E-state index is 13.2. The number of aromatic amines is 1. The Kier molecular flexibility index (Phi) is 4.22. The van der Waals surface area contributed by atoms with E-state index in [0.29, 0.717) is 6.54 Å². The highest BCUT2D eigenvalue weighted by Gasteiger charge is 2.11. The van der Waals surface area contributed by atoms with Crippen molar-refractivity contribution in [1.29, 1.82) is 0 Å². The third-order valence-electron chi connectivity index (χ3n) is 2.85. The lowest BCUT2D eigenvalue weighted by molar-refractivity contribution is 0.0948. The van der Waals surface area contributed by atoms with Crippen molar-refractivity contribution in [2.45, 2.75) is 19.8 Å². The van der Waals surface area contributed by atoms with Crippen LogP contribution in [0.5, 0.6) is 0 Å². The lowest BCUT2D eigenvalue weighted by Gasteiger charge is -2.05. The number of carbonyl (C=O) groups excluding carboxylic acids is 1. The summed E-state index contributed by atoms with van der Waals surface area (Å²) in [5.41, 5.74) is 2.13. The van der Waals surface area contributed by atoms with E-state index in [1.54, 1.807) is 6.20 Å². The molecule has 0 bridgehead atoms. The number of nitrogens with one attached hydrogen (secondary N) is 2. The monoisotopic (exact) mass is 262 g/mol. The molecule has 0 unspecified atom stereocenters. The molecule has 19 heavy (non-hydrogen) atoms. The van der Waals surface area contributed by atoms with Crippen LogP contribution in [-0.2, 0) is 6.42 Å². The minimum Gasteiger partial charge on any atom is -0.352 e. The predicted octanol–water partition coefficient (Wildman–Crippen LogP) is 1.61. The molecule has 2 N–H and O–H groups in total. The summed E-state index contributed by atoms with van der Waals surface area (Å²) >= 11 is 0. The molecule has 1 amide bonds. The summed E-state index contributed by atoms with van der Waals surface area (Å²) in [6, 6.07) is 2.95. The molecule has 2 heterocycles. The van der Waals surface area contributed by atoms with Gasteiger partial charge in [-0.15, -0.1) is 0 Å². The van der Waals surface area contributed by atoms with Gasteiger partial charge in [0.2, 0.25) is 5.95 Å². The second-order valence-corrected chi connectivity index (χ2v) is 4.22. The van der Waals surface area contributed by atoms with Crippen molar-refractivity contribution in [3.63, 3.8) is 0 Å². The van der Waals surface area contributed by atoms with E-state index in [9.17, 15) is 9.18 Å². The summed E-state index contributed by atoms with van der Waals surface area (Å²) in [5.74, 6) is -1.18. The summed E-state index contributed by atoms with van der Waals surface area (Å²) < 4.78 is 13.2. The Balaban J connectivity index is 1.79. The number of amides is 1. The van der Waals surface area contributed by atoms with E-state index >= 15 is 0 Å². The van der Waals surface area contributed by atoms with E-state index in [1.807, 2.05) is 6.92 Å². The average molecular weight is 262 g/mol. The van der Waals surface area contributed by atoms with Gasteiger partial charge in [0.1, 0.15) is 0 Å². The summed E-state index contributed by atoms with van der Waals surface area (Å²) in [6.45, 7) is 2.43. The zero-order valence-electron chi connectivity index (χ0n) is 10.6. The van der Waals surface area contributed by atoms with Gasteiger partial charge in [0, 0.05) is 18.4 Å².